The third kappa shape index (κ3) is 4.73. The minimum atomic E-state index is -2.99. The average Bonchev–Trinajstić information content (AvgIpc) is 3.02. The number of hydrogen-bond acceptors (Lipinski definition) is 5. The normalized spacial score (nSPS) is 18.4. The van der Waals surface area contributed by atoms with E-state index < -0.39 is 15.9 Å². The van der Waals surface area contributed by atoms with E-state index in [1.807, 2.05) is 46.7 Å². The minimum Gasteiger partial charge on any atom is -0.339 e. The average molecular weight is 457 g/mol. The molecule has 8 heteroatoms. The van der Waals surface area contributed by atoms with Gasteiger partial charge in [0.15, 0.2) is 9.84 Å². The summed E-state index contributed by atoms with van der Waals surface area (Å²) in [7, 11) is -1.20. The van der Waals surface area contributed by atoms with Crippen LogP contribution < -0.4 is 0 Å². The molecule has 1 aromatic carbocycles. The van der Waals surface area contributed by atoms with Gasteiger partial charge in [0.2, 0.25) is 5.91 Å². The van der Waals surface area contributed by atoms with E-state index >= 15 is 0 Å². The molecule has 0 bridgehead atoms. The van der Waals surface area contributed by atoms with E-state index in [2.05, 4.69) is 15.9 Å². The number of nitrogens with zero attached hydrogens (tertiary/aromatic N) is 2. The summed E-state index contributed by atoms with van der Waals surface area (Å²) >= 11 is 5.04. The van der Waals surface area contributed by atoms with Crippen LogP contribution in [0.2, 0.25) is 0 Å². The van der Waals surface area contributed by atoms with Gasteiger partial charge in [0.05, 0.1) is 18.1 Å². The Morgan fingerprint density at radius 1 is 1.27 bits per heavy atom. The molecule has 5 nitrogen and oxygen atoms in total. The Morgan fingerprint density at radius 2 is 1.92 bits per heavy atom. The summed E-state index contributed by atoms with van der Waals surface area (Å²) in [6.45, 7) is 1.29. The van der Waals surface area contributed by atoms with Gasteiger partial charge in [-0.15, -0.1) is 11.3 Å². The molecule has 0 radical (unpaired) electrons. The van der Waals surface area contributed by atoms with Gasteiger partial charge in [-0.05, 0) is 27.6 Å². The molecule has 1 amide bonds. The SMILES string of the molecule is CN(Cc1cc(Br)cs1)C(=O)C(c1ccccc1)N1CCS(=O)(=O)CC1. The summed E-state index contributed by atoms with van der Waals surface area (Å²) in [5, 5.41) is 2.00. The Bertz CT molecular complexity index is 854. The second kappa shape index (κ2) is 8.21. The third-order valence-electron chi connectivity index (χ3n) is 4.48. The fourth-order valence-corrected chi connectivity index (χ4v) is 5.82. The molecule has 2 aromatic rings. The van der Waals surface area contributed by atoms with Crippen LogP contribution in [-0.4, -0.2) is 55.8 Å². The summed E-state index contributed by atoms with van der Waals surface area (Å²) in [6, 6.07) is 11.2. The topological polar surface area (TPSA) is 57.7 Å². The van der Waals surface area contributed by atoms with Crippen LogP contribution in [0, 0.1) is 0 Å². The quantitative estimate of drug-likeness (QED) is 0.693. The number of halogens is 1. The lowest BCUT2D eigenvalue weighted by molar-refractivity contribution is -0.136. The van der Waals surface area contributed by atoms with Crippen molar-refractivity contribution < 1.29 is 13.2 Å². The number of carbonyl (C=O) groups excluding carboxylic acids is 1. The number of carbonyl (C=O) groups is 1. The summed E-state index contributed by atoms with van der Waals surface area (Å²) in [5.74, 6) is 0.191. The maximum absolute atomic E-state index is 13.2. The molecule has 0 spiro atoms. The molecular weight excluding hydrogens is 436 g/mol. The lowest BCUT2D eigenvalue weighted by atomic mass is 10.0. The minimum absolute atomic E-state index is 0.0139. The van der Waals surface area contributed by atoms with Gasteiger partial charge in [0, 0.05) is 34.9 Å². The van der Waals surface area contributed by atoms with Crippen molar-refractivity contribution in [2.75, 3.05) is 31.6 Å². The molecule has 26 heavy (non-hydrogen) atoms. The van der Waals surface area contributed by atoms with Gasteiger partial charge in [-0.1, -0.05) is 30.3 Å². The van der Waals surface area contributed by atoms with Crippen LogP contribution in [0.25, 0.3) is 0 Å². The van der Waals surface area contributed by atoms with Crippen LogP contribution in [0.5, 0.6) is 0 Å². The number of hydrogen-bond donors (Lipinski definition) is 0. The number of amides is 1. The molecule has 0 N–H and O–H groups in total. The summed E-state index contributed by atoms with van der Waals surface area (Å²) in [4.78, 5) is 18.0. The number of thiophene rings is 1. The highest BCUT2D eigenvalue weighted by Gasteiger charge is 2.34. The predicted molar refractivity (Wildman–Crippen MR) is 108 cm³/mol. The zero-order valence-corrected chi connectivity index (χ0v) is 17.7. The molecule has 1 aliphatic rings. The lowest BCUT2D eigenvalue weighted by Gasteiger charge is -2.35. The predicted octanol–water partition coefficient (Wildman–Crippen LogP) is 2.94. The largest absolute Gasteiger partial charge is 0.339 e. The second-order valence-electron chi connectivity index (χ2n) is 6.43. The Labute approximate surface area is 166 Å². The molecule has 1 unspecified atom stereocenters. The molecule has 1 atom stereocenters. The second-order valence-corrected chi connectivity index (χ2v) is 10.6. The summed E-state index contributed by atoms with van der Waals surface area (Å²) < 4.78 is 24.6. The summed E-state index contributed by atoms with van der Waals surface area (Å²) in [5.41, 5.74) is 0.899. The first-order chi connectivity index (χ1) is 12.4. The van der Waals surface area contributed by atoms with Crippen LogP contribution in [0.15, 0.2) is 46.3 Å². The number of rotatable bonds is 5. The molecule has 3 rings (SSSR count). The van der Waals surface area contributed by atoms with Gasteiger partial charge in [-0.2, -0.15) is 0 Å². The van der Waals surface area contributed by atoms with E-state index in [4.69, 9.17) is 0 Å². The zero-order valence-electron chi connectivity index (χ0n) is 14.5. The zero-order chi connectivity index (χ0) is 18.7. The van der Waals surface area contributed by atoms with Gasteiger partial charge >= 0.3 is 0 Å². The Kier molecular flexibility index (Phi) is 6.17. The van der Waals surface area contributed by atoms with Gasteiger partial charge in [-0.25, -0.2) is 8.42 Å². The first-order valence-electron chi connectivity index (χ1n) is 8.33. The standard InChI is InChI=1S/C18H21BrN2O3S2/c1-20(12-16-11-15(19)13-25-16)18(22)17(14-5-3-2-4-6-14)21-7-9-26(23,24)10-8-21/h2-6,11,13,17H,7-10,12H2,1H3. The highest BCUT2D eigenvalue weighted by atomic mass is 79.9. The highest BCUT2D eigenvalue weighted by molar-refractivity contribution is 9.10. The third-order valence-corrected chi connectivity index (χ3v) is 7.78. The highest BCUT2D eigenvalue weighted by Crippen LogP contribution is 2.27. The molecule has 0 saturated carbocycles. The van der Waals surface area contributed by atoms with Crippen LogP contribution in [0.1, 0.15) is 16.5 Å². The maximum atomic E-state index is 13.2. The van der Waals surface area contributed by atoms with Crippen LogP contribution in [-0.2, 0) is 21.2 Å². The molecule has 1 aliphatic heterocycles. The van der Waals surface area contributed by atoms with Crippen LogP contribution in [0.4, 0.5) is 0 Å². The van der Waals surface area contributed by atoms with Crippen molar-refractivity contribution in [2.45, 2.75) is 12.6 Å². The van der Waals surface area contributed by atoms with E-state index in [9.17, 15) is 13.2 Å². The van der Waals surface area contributed by atoms with E-state index in [1.54, 1.807) is 23.3 Å². The Balaban J connectivity index is 1.81. The molecule has 1 saturated heterocycles. The van der Waals surface area contributed by atoms with E-state index in [-0.39, 0.29) is 17.4 Å². The van der Waals surface area contributed by atoms with Crippen molar-refractivity contribution in [2.24, 2.45) is 0 Å². The van der Waals surface area contributed by atoms with E-state index in [0.29, 0.717) is 19.6 Å². The van der Waals surface area contributed by atoms with Crippen molar-refractivity contribution in [3.05, 3.63) is 56.7 Å². The van der Waals surface area contributed by atoms with Crippen molar-refractivity contribution in [3.8, 4) is 0 Å². The maximum Gasteiger partial charge on any atom is 0.244 e. The lowest BCUT2D eigenvalue weighted by Crippen LogP contribution is -2.47. The van der Waals surface area contributed by atoms with Crippen molar-refractivity contribution in [1.82, 2.24) is 9.80 Å². The van der Waals surface area contributed by atoms with Crippen molar-refractivity contribution in [3.63, 3.8) is 0 Å². The first-order valence-corrected chi connectivity index (χ1v) is 11.8. The first kappa shape index (κ1) is 19.5. The van der Waals surface area contributed by atoms with Crippen LogP contribution >= 0.6 is 27.3 Å². The molecule has 140 valence electrons. The van der Waals surface area contributed by atoms with Crippen LogP contribution in [0.3, 0.4) is 0 Å². The molecule has 2 heterocycles. The van der Waals surface area contributed by atoms with E-state index in [1.165, 1.54) is 0 Å². The molecular formula is C18H21BrN2O3S2. The molecule has 0 aliphatic carbocycles. The monoisotopic (exact) mass is 456 g/mol. The van der Waals surface area contributed by atoms with Gasteiger partial charge in [0.25, 0.3) is 0 Å². The smallest absolute Gasteiger partial charge is 0.244 e. The molecule has 1 aromatic heterocycles. The van der Waals surface area contributed by atoms with Gasteiger partial charge in [-0.3, -0.25) is 9.69 Å². The van der Waals surface area contributed by atoms with Gasteiger partial charge in [0.1, 0.15) is 6.04 Å². The Hall–Kier alpha value is -1.22. The number of benzene rings is 1. The number of likely N-dealkylation sites (N-methyl/N-ethyl adjacent to an activating group) is 1. The number of sulfone groups is 1. The van der Waals surface area contributed by atoms with E-state index in [0.717, 1.165) is 14.9 Å². The van der Waals surface area contributed by atoms with Gasteiger partial charge < -0.3 is 4.90 Å². The fraction of sp³-hybridized carbons (Fsp3) is 0.389. The van der Waals surface area contributed by atoms with Crippen molar-refractivity contribution >= 4 is 43.0 Å². The molecule has 1 fully saturated rings. The van der Waals surface area contributed by atoms with Crippen molar-refractivity contribution in [1.29, 1.82) is 0 Å². The Morgan fingerprint density at radius 3 is 2.50 bits per heavy atom. The summed E-state index contributed by atoms with van der Waals surface area (Å²) in [6.07, 6.45) is 0. The fourth-order valence-electron chi connectivity index (χ4n) is 3.09.